The van der Waals surface area contributed by atoms with Crippen molar-refractivity contribution in [3.8, 4) is 0 Å². The van der Waals surface area contributed by atoms with Crippen LogP contribution >= 0.6 is 7.60 Å². The molecular formula is C11H16N5O5P. The minimum absolute atomic E-state index is 0.00283. The largest absolute Gasteiger partial charge is 0.369 e. The third-order valence-electron chi connectivity index (χ3n) is 2.77. The van der Waals surface area contributed by atoms with Crippen LogP contribution in [0.15, 0.2) is 23.3 Å². The Hall–Kier alpha value is -2.00. The fraction of sp³-hybridized carbons (Fsp3) is 0.364. The van der Waals surface area contributed by atoms with E-state index in [4.69, 9.17) is 20.3 Å². The van der Waals surface area contributed by atoms with Gasteiger partial charge in [-0.2, -0.15) is 4.98 Å². The Bertz CT molecular complexity index is 792. The number of nitrogens with two attached hydrogens (primary N) is 1. The second-order valence-corrected chi connectivity index (χ2v) is 6.29. The van der Waals surface area contributed by atoms with Gasteiger partial charge in [-0.3, -0.25) is 14.3 Å². The van der Waals surface area contributed by atoms with Gasteiger partial charge in [-0.05, 0) is 6.42 Å². The molecule has 0 saturated heterocycles. The van der Waals surface area contributed by atoms with Crippen molar-refractivity contribution in [1.29, 1.82) is 0 Å². The fourth-order valence-corrected chi connectivity index (χ4v) is 2.12. The molecule has 0 fully saturated rings. The third-order valence-corrected chi connectivity index (χ3v) is 3.28. The summed E-state index contributed by atoms with van der Waals surface area (Å²) < 4.78 is 17.2. The number of fused-ring (bicyclic) bond motifs is 1. The molecule has 120 valence electrons. The number of nitrogens with one attached hydrogen (secondary N) is 1. The van der Waals surface area contributed by atoms with Crippen molar-refractivity contribution in [2.45, 2.75) is 13.0 Å². The predicted molar refractivity (Wildman–Crippen MR) is 79.2 cm³/mol. The number of rotatable bonds is 7. The van der Waals surface area contributed by atoms with E-state index < -0.39 is 19.5 Å². The van der Waals surface area contributed by atoms with Gasteiger partial charge in [0, 0.05) is 6.54 Å². The van der Waals surface area contributed by atoms with Crippen LogP contribution in [-0.2, 0) is 15.8 Å². The number of ether oxygens (including phenoxy) is 1. The van der Waals surface area contributed by atoms with Crippen LogP contribution in [0.25, 0.3) is 11.2 Å². The molecule has 0 unspecified atom stereocenters. The molecule has 22 heavy (non-hydrogen) atoms. The van der Waals surface area contributed by atoms with Crippen LogP contribution in [0.2, 0.25) is 0 Å². The Morgan fingerprint density at radius 2 is 2.27 bits per heavy atom. The van der Waals surface area contributed by atoms with Crippen molar-refractivity contribution >= 4 is 24.7 Å². The van der Waals surface area contributed by atoms with Crippen LogP contribution in [0.5, 0.6) is 0 Å². The van der Waals surface area contributed by atoms with Crippen molar-refractivity contribution in [1.82, 2.24) is 19.5 Å². The van der Waals surface area contributed by atoms with Gasteiger partial charge in [0.1, 0.15) is 6.35 Å². The minimum Gasteiger partial charge on any atom is -0.369 e. The predicted octanol–water partition coefficient (Wildman–Crippen LogP) is -0.200. The topological polar surface area (TPSA) is 156 Å². The van der Waals surface area contributed by atoms with Crippen molar-refractivity contribution in [2.75, 3.05) is 18.7 Å². The maximum absolute atomic E-state index is 11.6. The molecule has 2 aromatic heterocycles. The number of imidazole rings is 1. The fourth-order valence-electron chi connectivity index (χ4n) is 1.79. The Morgan fingerprint density at radius 1 is 1.55 bits per heavy atom. The molecule has 11 heteroatoms. The summed E-state index contributed by atoms with van der Waals surface area (Å²) in [7, 11) is -4.17. The molecule has 0 spiro atoms. The van der Waals surface area contributed by atoms with Crippen LogP contribution in [0.4, 0.5) is 5.95 Å². The first-order valence-electron chi connectivity index (χ1n) is 6.26. The standard InChI is InChI=1S/C11H16N5O5P/c1-7(4-21-6-22(18,19)20)2-3-16-5-13-8-9(16)14-11(12)15-10(8)17/h5H,1-4,6H2,(H2,18,19,20)(H3,12,14,15,17). The van der Waals surface area contributed by atoms with E-state index in [1.54, 1.807) is 4.57 Å². The average Bonchev–Trinajstić information content (AvgIpc) is 2.78. The smallest absolute Gasteiger partial charge is 0.350 e. The van der Waals surface area contributed by atoms with Crippen LogP contribution in [-0.4, -0.2) is 42.3 Å². The number of H-pyrrole nitrogens is 1. The summed E-state index contributed by atoms with van der Waals surface area (Å²) in [6, 6.07) is 0. The highest BCUT2D eigenvalue weighted by molar-refractivity contribution is 7.51. The molecule has 0 aliphatic heterocycles. The Kier molecular flexibility index (Phi) is 4.77. The van der Waals surface area contributed by atoms with Gasteiger partial charge < -0.3 is 24.8 Å². The molecule has 0 aromatic carbocycles. The number of hydrogen-bond acceptors (Lipinski definition) is 6. The van der Waals surface area contributed by atoms with E-state index in [2.05, 4.69) is 21.5 Å². The van der Waals surface area contributed by atoms with E-state index in [0.29, 0.717) is 24.2 Å². The van der Waals surface area contributed by atoms with Gasteiger partial charge >= 0.3 is 7.60 Å². The molecule has 0 atom stereocenters. The molecule has 2 rings (SSSR count). The number of hydrogen-bond donors (Lipinski definition) is 4. The minimum atomic E-state index is -4.17. The lowest BCUT2D eigenvalue weighted by molar-refractivity contribution is 0.176. The lowest BCUT2D eigenvalue weighted by Gasteiger charge is -2.09. The molecule has 0 saturated carbocycles. The first-order chi connectivity index (χ1) is 10.3. The molecule has 0 radical (unpaired) electrons. The Morgan fingerprint density at radius 3 is 2.95 bits per heavy atom. The molecule has 0 aliphatic rings. The van der Waals surface area contributed by atoms with Gasteiger partial charge in [0.15, 0.2) is 11.2 Å². The number of aromatic amines is 1. The maximum atomic E-state index is 11.6. The molecule has 5 N–H and O–H groups in total. The Balaban J connectivity index is 1.96. The highest BCUT2D eigenvalue weighted by atomic mass is 31.2. The van der Waals surface area contributed by atoms with Gasteiger partial charge in [-0.15, -0.1) is 0 Å². The molecule has 2 heterocycles. The zero-order chi connectivity index (χ0) is 16.3. The van der Waals surface area contributed by atoms with Crippen LogP contribution in [0.1, 0.15) is 6.42 Å². The maximum Gasteiger partial charge on any atom is 0.350 e. The summed E-state index contributed by atoms with van der Waals surface area (Å²) in [5.74, 6) is 0.00283. The summed E-state index contributed by atoms with van der Waals surface area (Å²) in [6.07, 6.45) is 1.30. The summed E-state index contributed by atoms with van der Waals surface area (Å²) in [5.41, 5.74) is 6.29. The van der Waals surface area contributed by atoms with Gasteiger partial charge in [0.25, 0.3) is 5.56 Å². The lowest BCUT2D eigenvalue weighted by Crippen LogP contribution is -2.12. The molecule has 0 aliphatic carbocycles. The average molecular weight is 329 g/mol. The number of anilines is 1. The van der Waals surface area contributed by atoms with Crippen LogP contribution < -0.4 is 11.3 Å². The lowest BCUT2D eigenvalue weighted by atomic mass is 10.2. The van der Waals surface area contributed by atoms with Crippen molar-refractivity contribution in [3.63, 3.8) is 0 Å². The van der Waals surface area contributed by atoms with Crippen molar-refractivity contribution < 1.29 is 19.1 Å². The number of nitrogens with zero attached hydrogens (tertiary/aromatic N) is 3. The molecule has 10 nitrogen and oxygen atoms in total. The quantitative estimate of drug-likeness (QED) is 0.402. The highest BCUT2D eigenvalue weighted by Crippen LogP contribution is 2.33. The summed E-state index contributed by atoms with van der Waals surface area (Å²) in [6.45, 7) is 4.23. The summed E-state index contributed by atoms with van der Waals surface area (Å²) in [5, 5.41) is 0. The molecular weight excluding hydrogens is 313 g/mol. The first kappa shape index (κ1) is 16.4. The van der Waals surface area contributed by atoms with Crippen molar-refractivity contribution in [2.24, 2.45) is 0 Å². The van der Waals surface area contributed by atoms with Crippen LogP contribution in [0.3, 0.4) is 0 Å². The molecule has 2 aromatic rings. The highest BCUT2D eigenvalue weighted by Gasteiger charge is 2.13. The van der Waals surface area contributed by atoms with Gasteiger partial charge in [0.05, 0.1) is 12.9 Å². The zero-order valence-corrected chi connectivity index (χ0v) is 12.5. The van der Waals surface area contributed by atoms with E-state index in [0.717, 1.165) is 0 Å². The monoisotopic (exact) mass is 329 g/mol. The van der Waals surface area contributed by atoms with E-state index in [1.807, 2.05) is 0 Å². The summed E-state index contributed by atoms with van der Waals surface area (Å²) in [4.78, 5) is 39.3. The van der Waals surface area contributed by atoms with Gasteiger partial charge in [-0.1, -0.05) is 12.2 Å². The van der Waals surface area contributed by atoms with E-state index in [1.165, 1.54) is 6.33 Å². The summed E-state index contributed by atoms with van der Waals surface area (Å²) >= 11 is 0. The molecule has 0 bridgehead atoms. The van der Waals surface area contributed by atoms with Crippen LogP contribution in [0, 0.1) is 0 Å². The van der Waals surface area contributed by atoms with E-state index in [-0.39, 0.29) is 18.1 Å². The second kappa shape index (κ2) is 6.41. The molecule has 0 amide bonds. The number of aryl methyl sites for hydroxylation is 1. The zero-order valence-electron chi connectivity index (χ0n) is 11.6. The second-order valence-electron chi connectivity index (χ2n) is 4.70. The number of nitrogen functional groups attached to an aromatic ring is 1. The third kappa shape index (κ3) is 4.25. The van der Waals surface area contributed by atoms with Crippen molar-refractivity contribution in [3.05, 3.63) is 28.8 Å². The van der Waals surface area contributed by atoms with E-state index in [9.17, 15) is 9.36 Å². The Labute approximate surface area is 124 Å². The number of aromatic nitrogens is 4. The SMILES string of the molecule is C=C(CCn1cnc2c(=O)[nH]c(N)nc21)COCP(=O)(O)O. The normalized spacial score (nSPS) is 11.9. The first-order valence-corrected chi connectivity index (χ1v) is 8.05. The van der Waals surface area contributed by atoms with Gasteiger partial charge in [-0.25, -0.2) is 4.98 Å². The van der Waals surface area contributed by atoms with E-state index >= 15 is 0 Å². The van der Waals surface area contributed by atoms with Gasteiger partial charge in [0.2, 0.25) is 5.95 Å².